The van der Waals surface area contributed by atoms with Crippen LogP contribution in [0.3, 0.4) is 0 Å². The molecule has 2 atom stereocenters. The highest BCUT2D eigenvalue weighted by Gasteiger charge is 2.48. The van der Waals surface area contributed by atoms with Gasteiger partial charge in [-0.25, -0.2) is 13.8 Å². The third-order valence-electron chi connectivity index (χ3n) is 4.32. The van der Waals surface area contributed by atoms with Crippen LogP contribution < -0.4 is 10.5 Å². The number of aliphatic hydroxyl groups is 1. The van der Waals surface area contributed by atoms with E-state index >= 15 is 0 Å². The van der Waals surface area contributed by atoms with E-state index in [1.165, 1.54) is 12.1 Å². The van der Waals surface area contributed by atoms with Crippen LogP contribution in [0.5, 0.6) is 5.75 Å². The molecule has 3 rings (SSSR count). The van der Waals surface area contributed by atoms with Crippen molar-refractivity contribution in [3.63, 3.8) is 0 Å². The molecule has 0 aliphatic carbocycles. The molecule has 140 valence electrons. The van der Waals surface area contributed by atoms with Gasteiger partial charge in [0.2, 0.25) is 0 Å². The van der Waals surface area contributed by atoms with Crippen molar-refractivity contribution in [1.29, 1.82) is 0 Å². The van der Waals surface area contributed by atoms with E-state index in [2.05, 4.69) is 4.98 Å². The summed E-state index contributed by atoms with van der Waals surface area (Å²) >= 11 is 0. The van der Waals surface area contributed by atoms with Gasteiger partial charge in [0.15, 0.2) is 0 Å². The van der Waals surface area contributed by atoms with Crippen molar-refractivity contribution in [3.8, 4) is 17.0 Å². The van der Waals surface area contributed by atoms with Gasteiger partial charge >= 0.3 is 6.18 Å². The van der Waals surface area contributed by atoms with E-state index in [1.54, 1.807) is 0 Å². The van der Waals surface area contributed by atoms with E-state index in [4.69, 9.17) is 10.5 Å². The molecule has 0 fully saturated rings. The number of ether oxygens (including phenoxy) is 1. The van der Waals surface area contributed by atoms with Gasteiger partial charge in [-0.3, -0.25) is 0 Å². The van der Waals surface area contributed by atoms with Crippen molar-refractivity contribution < 1.29 is 31.8 Å². The van der Waals surface area contributed by atoms with Crippen molar-refractivity contribution in [2.45, 2.75) is 17.7 Å². The molecule has 2 aromatic rings. The van der Waals surface area contributed by atoms with Crippen LogP contribution in [-0.4, -0.2) is 36.1 Å². The van der Waals surface area contributed by atoms with Crippen molar-refractivity contribution in [2.24, 2.45) is 5.73 Å². The lowest BCUT2D eigenvalue weighted by Crippen LogP contribution is -2.38. The Balaban J connectivity index is 2.24. The summed E-state index contributed by atoms with van der Waals surface area (Å²) in [7, 11) is 0. The molecule has 26 heavy (non-hydrogen) atoms. The Morgan fingerprint density at radius 3 is 2.42 bits per heavy atom. The Bertz CT molecular complexity index is 804. The summed E-state index contributed by atoms with van der Waals surface area (Å²) in [5, 5.41) is 10.3. The highest BCUT2D eigenvalue weighted by molar-refractivity contribution is 5.70. The first-order valence-electron chi connectivity index (χ1n) is 7.69. The van der Waals surface area contributed by atoms with E-state index in [1.807, 2.05) is 0 Å². The summed E-state index contributed by atoms with van der Waals surface area (Å²) in [4.78, 5) is 4.09. The maximum absolute atomic E-state index is 13.3. The van der Waals surface area contributed by atoms with Gasteiger partial charge in [-0.05, 0) is 30.3 Å². The third-order valence-corrected chi connectivity index (χ3v) is 4.32. The number of fused-ring (bicyclic) bond motifs is 1. The van der Waals surface area contributed by atoms with Gasteiger partial charge in [-0.1, -0.05) is 0 Å². The fraction of sp³-hybridized carbons (Fsp3) is 0.353. The number of benzene rings is 1. The minimum absolute atomic E-state index is 0.0374. The Morgan fingerprint density at radius 2 is 1.88 bits per heavy atom. The van der Waals surface area contributed by atoms with Gasteiger partial charge in [0.25, 0.3) is 0 Å². The van der Waals surface area contributed by atoms with Crippen LogP contribution in [0.25, 0.3) is 11.3 Å². The van der Waals surface area contributed by atoms with Gasteiger partial charge in [0.1, 0.15) is 42.1 Å². The molecule has 0 bridgehead atoms. The average Bonchev–Trinajstić information content (AvgIpc) is 3.05. The first-order valence-corrected chi connectivity index (χ1v) is 7.69. The summed E-state index contributed by atoms with van der Waals surface area (Å²) in [6, 6.07) is 5.80. The summed E-state index contributed by atoms with van der Waals surface area (Å²) in [6.07, 6.45) is -4.60. The van der Waals surface area contributed by atoms with E-state index in [9.17, 15) is 27.1 Å². The first-order chi connectivity index (χ1) is 12.2. The predicted octanol–water partition coefficient (Wildman–Crippen LogP) is 3.04. The molecule has 1 aliphatic rings. The number of halogens is 5. The molecular formula is C17H15F5N2O2. The number of nitrogens with two attached hydrogens (primary N) is 1. The monoisotopic (exact) mass is 374 g/mol. The van der Waals surface area contributed by atoms with Gasteiger partial charge < -0.3 is 15.6 Å². The predicted molar refractivity (Wildman–Crippen MR) is 82.8 cm³/mol. The van der Waals surface area contributed by atoms with Gasteiger partial charge in [-0.15, -0.1) is 0 Å². The lowest BCUT2D eigenvalue weighted by Gasteiger charge is -2.24. The molecule has 1 aliphatic heterocycles. The summed E-state index contributed by atoms with van der Waals surface area (Å²) < 4.78 is 71.6. The fourth-order valence-corrected chi connectivity index (χ4v) is 2.76. The molecule has 0 unspecified atom stereocenters. The van der Waals surface area contributed by atoms with Crippen LogP contribution in [0.2, 0.25) is 0 Å². The molecule has 0 radical (unpaired) electrons. The molecule has 0 amide bonds. The quantitative estimate of drug-likeness (QED) is 0.808. The van der Waals surface area contributed by atoms with E-state index in [0.29, 0.717) is 0 Å². The van der Waals surface area contributed by atoms with E-state index in [0.717, 1.165) is 18.2 Å². The van der Waals surface area contributed by atoms with E-state index in [-0.39, 0.29) is 28.3 Å². The van der Waals surface area contributed by atoms with Gasteiger partial charge in [0, 0.05) is 17.7 Å². The number of pyridine rings is 1. The Labute approximate surface area is 145 Å². The Hall–Kier alpha value is -2.26. The summed E-state index contributed by atoms with van der Waals surface area (Å²) in [5.41, 5.74) is 2.79. The molecule has 0 saturated heterocycles. The van der Waals surface area contributed by atoms with Crippen LogP contribution in [0.4, 0.5) is 22.0 Å². The highest BCUT2D eigenvalue weighted by Crippen LogP contribution is 2.48. The van der Waals surface area contributed by atoms with Crippen molar-refractivity contribution in [1.82, 2.24) is 4.98 Å². The molecule has 0 spiro atoms. The smallest absolute Gasteiger partial charge is 0.399 e. The third kappa shape index (κ3) is 3.12. The lowest BCUT2D eigenvalue weighted by atomic mass is 9.93. The van der Waals surface area contributed by atoms with Gasteiger partial charge in [-0.2, -0.15) is 13.2 Å². The van der Waals surface area contributed by atoms with Crippen molar-refractivity contribution in [2.75, 3.05) is 19.8 Å². The van der Waals surface area contributed by atoms with Crippen LogP contribution in [0.15, 0.2) is 30.3 Å². The molecule has 1 aromatic heterocycles. The van der Waals surface area contributed by atoms with Gasteiger partial charge in [0.05, 0.1) is 5.69 Å². The maximum Gasteiger partial charge on any atom is 0.399 e. The SMILES string of the molecule is NC[C@@](O)(CF)c1cc2c(c(-c3ccc(F)cc3)n1)OC[C@H]2C(F)(F)F. The second-order valence-electron chi connectivity index (χ2n) is 6.06. The second kappa shape index (κ2) is 6.48. The number of nitrogens with zero attached hydrogens (tertiary/aromatic N) is 1. The number of hydrogen-bond donors (Lipinski definition) is 2. The normalized spacial score (nSPS) is 19.0. The molecule has 9 heteroatoms. The Morgan fingerprint density at radius 1 is 1.23 bits per heavy atom. The van der Waals surface area contributed by atoms with Crippen LogP contribution in [0, 0.1) is 5.82 Å². The molecule has 1 aromatic carbocycles. The first kappa shape index (κ1) is 18.5. The molecule has 2 heterocycles. The largest absolute Gasteiger partial charge is 0.490 e. The average molecular weight is 374 g/mol. The number of rotatable bonds is 4. The summed E-state index contributed by atoms with van der Waals surface area (Å²) in [5.74, 6) is -2.61. The fourth-order valence-electron chi connectivity index (χ4n) is 2.76. The molecule has 3 N–H and O–H groups in total. The zero-order valence-electron chi connectivity index (χ0n) is 13.4. The summed E-state index contributed by atoms with van der Waals surface area (Å²) in [6.45, 7) is -2.56. The molecule has 0 saturated carbocycles. The maximum atomic E-state index is 13.3. The topological polar surface area (TPSA) is 68.4 Å². The molecule has 4 nitrogen and oxygen atoms in total. The lowest BCUT2D eigenvalue weighted by molar-refractivity contribution is -0.151. The minimum atomic E-state index is -4.60. The second-order valence-corrected chi connectivity index (χ2v) is 6.06. The van der Waals surface area contributed by atoms with Crippen LogP contribution in [0.1, 0.15) is 17.2 Å². The van der Waals surface area contributed by atoms with Crippen LogP contribution >= 0.6 is 0 Å². The number of aromatic nitrogens is 1. The zero-order chi connectivity index (χ0) is 19.1. The minimum Gasteiger partial charge on any atom is -0.490 e. The number of hydrogen-bond acceptors (Lipinski definition) is 4. The van der Waals surface area contributed by atoms with Crippen LogP contribution in [-0.2, 0) is 5.60 Å². The van der Waals surface area contributed by atoms with E-state index < -0.39 is 43.3 Å². The Kier molecular flexibility index (Phi) is 4.61. The van der Waals surface area contributed by atoms with Crippen molar-refractivity contribution in [3.05, 3.63) is 47.4 Å². The zero-order valence-corrected chi connectivity index (χ0v) is 13.4. The highest BCUT2D eigenvalue weighted by atomic mass is 19.4. The van der Waals surface area contributed by atoms with Crippen molar-refractivity contribution >= 4 is 0 Å². The number of alkyl halides is 4. The standard InChI is InChI=1S/C17H15F5N2O2/c18-7-16(25,8-23)13-5-11-12(17(20,21)22)6-26-15(11)14(24-13)9-1-3-10(19)4-2-9/h1-5,12,25H,6-8,23H2/t12-,16+/m1/s1. The molecular weight excluding hydrogens is 359 g/mol.